The lowest BCUT2D eigenvalue weighted by molar-refractivity contribution is 0.0982. The third-order valence-electron chi connectivity index (χ3n) is 6.16. The molecule has 0 bridgehead atoms. The first-order valence-electron chi connectivity index (χ1n) is 11.6. The van der Waals surface area contributed by atoms with Gasteiger partial charge < -0.3 is 18.8 Å². The van der Waals surface area contributed by atoms with Crippen molar-refractivity contribution >= 4 is 54.3 Å². The highest BCUT2D eigenvalue weighted by Crippen LogP contribution is 2.39. The van der Waals surface area contributed by atoms with Crippen molar-refractivity contribution in [3.05, 3.63) is 70.6 Å². The van der Waals surface area contributed by atoms with Crippen molar-refractivity contribution in [1.82, 2.24) is 9.88 Å². The van der Waals surface area contributed by atoms with Crippen LogP contribution in [0.15, 0.2) is 63.8 Å². The van der Waals surface area contributed by atoms with Gasteiger partial charge in [0.15, 0.2) is 16.6 Å². The lowest BCUT2D eigenvalue weighted by atomic mass is 10.0. The number of carbonyl (C=O) groups excluding carboxylic acids is 1. The predicted octanol–water partition coefficient (Wildman–Crippen LogP) is 4.54. The van der Waals surface area contributed by atoms with Crippen LogP contribution >= 0.6 is 11.3 Å². The zero-order chi connectivity index (χ0) is 24.8. The molecule has 182 valence electrons. The Hall–Kier alpha value is -3.95. The number of hydrogen-bond donors (Lipinski definition) is 0. The molecule has 0 aliphatic carbocycles. The Kier molecular flexibility index (Phi) is 5.58. The van der Waals surface area contributed by atoms with Gasteiger partial charge in [-0.3, -0.25) is 9.69 Å². The minimum absolute atomic E-state index is 0.0252. The van der Waals surface area contributed by atoms with E-state index in [0.717, 1.165) is 20.9 Å². The molecule has 1 aliphatic heterocycles. The summed E-state index contributed by atoms with van der Waals surface area (Å²) in [7, 11) is 3.86. The zero-order valence-electron chi connectivity index (χ0n) is 19.8. The largest absolute Gasteiger partial charge is 0.486 e. The zero-order valence-corrected chi connectivity index (χ0v) is 20.6. The Morgan fingerprint density at radius 2 is 1.75 bits per heavy atom. The van der Waals surface area contributed by atoms with Gasteiger partial charge in [-0.15, -0.1) is 0 Å². The summed E-state index contributed by atoms with van der Waals surface area (Å²) >= 11 is 1.37. The standard InChI is InChI=1S/C27H23N3O5S/c1-29(2)9-10-30(27-28-20-14-22-23(15-24(20)36-27)34-12-11-33-22)25(31)19-13-18-17-6-4-3-5-16(17)7-8-21(18)35-26(19)32/h3-8,13-15H,9-12H2,1-2H3. The van der Waals surface area contributed by atoms with E-state index in [2.05, 4.69) is 0 Å². The molecule has 5 aromatic rings. The molecule has 0 spiro atoms. The van der Waals surface area contributed by atoms with Gasteiger partial charge in [-0.25, -0.2) is 9.78 Å². The summed E-state index contributed by atoms with van der Waals surface area (Å²) in [6.45, 7) is 1.91. The number of likely N-dealkylation sites (N-methyl/N-ethyl adjacent to an activating group) is 1. The normalized spacial score (nSPS) is 13.1. The van der Waals surface area contributed by atoms with Gasteiger partial charge in [-0.2, -0.15) is 0 Å². The number of rotatable bonds is 5. The molecule has 0 atom stereocenters. The highest BCUT2D eigenvalue weighted by atomic mass is 32.1. The van der Waals surface area contributed by atoms with Crippen molar-refractivity contribution in [2.24, 2.45) is 0 Å². The van der Waals surface area contributed by atoms with E-state index in [1.807, 2.05) is 61.5 Å². The number of hydrogen-bond acceptors (Lipinski definition) is 8. The molecule has 1 aliphatic rings. The fraction of sp³-hybridized carbons (Fsp3) is 0.222. The minimum atomic E-state index is -0.670. The average Bonchev–Trinajstić information content (AvgIpc) is 3.28. The third-order valence-corrected chi connectivity index (χ3v) is 7.20. The second-order valence-corrected chi connectivity index (χ2v) is 9.88. The molecule has 3 aromatic carbocycles. The molecule has 0 N–H and O–H groups in total. The molecular formula is C27H23N3O5S. The summed E-state index contributed by atoms with van der Waals surface area (Å²) in [6, 6.07) is 16.8. The lowest BCUT2D eigenvalue weighted by Gasteiger charge is -2.21. The molecule has 3 heterocycles. The SMILES string of the molecule is CN(C)CCN(C(=O)c1cc2c(ccc3ccccc32)oc1=O)c1nc2cc3c(cc2s1)OCCO3. The van der Waals surface area contributed by atoms with Gasteiger partial charge in [-0.05, 0) is 37.0 Å². The van der Waals surface area contributed by atoms with Crippen molar-refractivity contribution in [3.63, 3.8) is 0 Å². The second kappa shape index (κ2) is 8.92. The Bertz CT molecular complexity index is 1650. The van der Waals surface area contributed by atoms with Crippen LogP contribution < -0.4 is 20.0 Å². The van der Waals surface area contributed by atoms with Crippen LogP contribution in [0.3, 0.4) is 0 Å². The maximum atomic E-state index is 13.9. The van der Waals surface area contributed by atoms with E-state index in [9.17, 15) is 9.59 Å². The van der Waals surface area contributed by atoms with Crippen LogP contribution in [0, 0.1) is 0 Å². The third kappa shape index (κ3) is 3.96. The molecule has 2 aromatic heterocycles. The quantitative estimate of drug-likeness (QED) is 0.258. The number of amides is 1. The molecule has 6 rings (SSSR count). The number of fused-ring (bicyclic) bond motifs is 5. The van der Waals surface area contributed by atoms with E-state index in [-0.39, 0.29) is 5.56 Å². The van der Waals surface area contributed by atoms with E-state index in [1.165, 1.54) is 11.3 Å². The molecule has 0 saturated heterocycles. The molecule has 1 amide bonds. The fourth-order valence-electron chi connectivity index (χ4n) is 4.32. The van der Waals surface area contributed by atoms with E-state index < -0.39 is 11.5 Å². The molecule has 0 fully saturated rings. The molecule has 8 nitrogen and oxygen atoms in total. The van der Waals surface area contributed by atoms with Crippen LogP contribution in [0.2, 0.25) is 0 Å². The van der Waals surface area contributed by atoms with Crippen LogP contribution in [0.1, 0.15) is 10.4 Å². The van der Waals surface area contributed by atoms with Gasteiger partial charge in [0.2, 0.25) is 0 Å². The van der Waals surface area contributed by atoms with Crippen molar-refractivity contribution in [3.8, 4) is 11.5 Å². The summed E-state index contributed by atoms with van der Waals surface area (Å²) in [5.41, 5.74) is 0.456. The predicted molar refractivity (Wildman–Crippen MR) is 141 cm³/mol. The Balaban J connectivity index is 1.46. The van der Waals surface area contributed by atoms with Crippen LogP contribution in [0.4, 0.5) is 5.13 Å². The van der Waals surface area contributed by atoms with E-state index in [1.54, 1.807) is 17.0 Å². The highest BCUT2D eigenvalue weighted by Gasteiger charge is 2.26. The van der Waals surface area contributed by atoms with Gasteiger partial charge in [0.25, 0.3) is 5.91 Å². The molecule has 9 heteroatoms. The minimum Gasteiger partial charge on any atom is -0.486 e. The summed E-state index contributed by atoms with van der Waals surface area (Å²) < 4.78 is 17.9. The lowest BCUT2D eigenvalue weighted by Crippen LogP contribution is -2.38. The van der Waals surface area contributed by atoms with Crippen LogP contribution in [0.5, 0.6) is 11.5 Å². The van der Waals surface area contributed by atoms with E-state index >= 15 is 0 Å². The first-order valence-corrected chi connectivity index (χ1v) is 12.4. The van der Waals surface area contributed by atoms with E-state index in [0.29, 0.717) is 54.0 Å². The van der Waals surface area contributed by atoms with Crippen molar-refractivity contribution in [1.29, 1.82) is 0 Å². The Morgan fingerprint density at radius 3 is 2.56 bits per heavy atom. The topological polar surface area (TPSA) is 85.1 Å². The first-order chi connectivity index (χ1) is 17.5. The molecular weight excluding hydrogens is 478 g/mol. The number of aromatic nitrogens is 1. The van der Waals surface area contributed by atoms with Crippen LogP contribution in [0.25, 0.3) is 32.0 Å². The van der Waals surface area contributed by atoms with Gasteiger partial charge in [0, 0.05) is 30.6 Å². The first kappa shape index (κ1) is 22.5. The maximum Gasteiger partial charge on any atom is 0.349 e. The number of benzene rings is 3. The van der Waals surface area contributed by atoms with E-state index in [4.69, 9.17) is 18.9 Å². The number of anilines is 1. The maximum absolute atomic E-state index is 13.9. The molecule has 0 saturated carbocycles. The van der Waals surface area contributed by atoms with Gasteiger partial charge in [-0.1, -0.05) is 41.7 Å². The number of thiazole rings is 1. The van der Waals surface area contributed by atoms with Crippen molar-refractivity contribution < 1.29 is 18.7 Å². The summed E-state index contributed by atoms with van der Waals surface area (Å²) in [4.78, 5) is 35.1. The van der Waals surface area contributed by atoms with Crippen LogP contribution in [-0.2, 0) is 0 Å². The fourth-order valence-corrected chi connectivity index (χ4v) is 5.32. The second-order valence-electron chi connectivity index (χ2n) is 8.87. The van der Waals surface area contributed by atoms with Crippen molar-refractivity contribution in [2.75, 3.05) is 45.3 Å². The van der Waals surface area contributed by atoms with Gasteiger partial charge in [0.1, 0.15) is 24.4 Å². The number of ether oxygens (including phenoxy) is 2. The highest BCUT2D eigenvalue weighted by molar-refractivity contribution is 7.22. The van der Waals surface area contributed by atoms with Crippen molar-refractivity contribution in [2.45, 2.75) is 0 Å². The Morgan fingerprint density at radius 1 is 0.972 bits per heavy atom. The molecule has 0 unspecified atom stereocenters. The summed E-state index contributed by atoms with van der Waals surface area (Å²) in [6.07, 6.45) is 0. The smallest absolute Gasteiger partial charge is 0.349 e. The monoisotopic (exact) mass is 501 g/mol. The summed E-state index contributed by atoms with van der Waals surface area (Å²) in [5.74, 6) is 0.854. The Labute approximate surface area is 210 Å². The van der Waals surface area contributed by atoms with Crippen LogP contribution in [-0.4, -0.2) is 56.2 Å². The average molecular weight is 502 g/mol. The number of carbonyl (C=O) groups is 1. The molecule has 0 radical (unpaired) electrons. The van der Waals surface area contributed by atoms with Gasteiger partial charge >= 0.3 is 5.63 Å². The van der Waals surface area contributed by atoms with Gasteiger partial charge in [0.05, 0.1) is 10.2 Å². The summed E-state index contributed by atoms with van der Waals surface area (Å²) in [5, 5.41) is 3.13. The molecule has 36 heavy (non-hydrogen) atoms. The number of nitrogens with zero attached hydrogens (tertiary/aromatic N) is 3.